The van der Waals surface area contributed by atoms with Crippen LogP contribution in [0.15, 0.2) is 47.4 Å². The van der Waals surface area contributed by atoms with Gasteiger partial charge in [-0.2, -0.15) is 4.72 Å². The number of aliphatic hydroxyl groups excluding tert-OH is 1. The quantitative estimate of drug-likeness (QED) is 0.458. The van der Waals surface area contributed by atoms with Crippen LogP contribution in [0.25, 0.3) is 10.8 Å². The van der Waals surface area contributed by atoms with E-state index in [1.54, 1.807) is 18.2 Å². The van der Waals surface area contributed by atoms with Crippen LogP contribution in [0.5, 0.6) is 0 Å². The molecule has 21 heavy (non-hydrogen) atoms. The molecule has 1 atom stereocenters. The Bertz CT molecular complexity index is 760. The number of fused-ring (bicyclic) bond motifs is 1. The van der Waals surface area contributed by atoms with Crippen LogP contribution in [0.3, 0.4) is 0 Å². The SMILES string of the molecule is O=C(NO)C(CO)NS(=O)(=O)c1ccc2ccccc2c1. The van der Waals surface area contributed by atoms with Crippen molar-refractivity contribution in [2.75, 3.05) is 6.61 Å². The third kappa shape index (κ3) is 3.37. The van der Waals surface area contributed by atoms with E-state index in [-0.39, 0.29) is 4.90 Å². The molecule has 0 heterocycles. The molecule has 2 aromatic carbocycles. The molecule has 8 heteroatoms. The highest BCUT2D eigenvalue weighted by Gasteiger charge is 2.25. The lowest BCUT2D eigenvalue weighted by Crippen LogP contribution is -2.47. The van der Waals surface area contributed by atoms with Gasteiger partial charge in [-0.25, -0.2) is 13.9 Å². The van der Waals surface area contributed by atoms with E-state index in [0.717, 1.165) is 10.8 Å². The number of nitrogens with one attached hydrogen (secondary N) is 2. The molecule has 0 fully saturated rings. The van der Waals surface area contributed by atoms with Crippen molar-refractivity contribution in [3.63, 3.8) is 0 Å². The summed E-state index contributed by atoms with van der Waals surface area (Å²) in [6.45, 7) is -0.779. The summed E-state index contributed by atoms with van der Waals surface area (Å²) in [6.07, 6.45) is 0. The summed E-state index contributed by atoms with van der Waals surface area (Å²) in [5.74, 6) is -1.04. The van der Waals surface area contributed by atoms with Gasteiger partial charge in [-0.15, -0.1) is 0 Å². The van der Waals surface area contributed by atoms with Crippen molar-refractivity contribution in [3.05, 3.63) is 42.5 Å². The van der Waals surface area contributed by atoms with E-state index in [9.17, 15) is 13.2 Å². The number of aliphatic hydroxyl groups is 1. The number of hydrogen-bond donors (Lipinski definition) is 4. The zero-order valence-electron chi connectivity index (χ0n) is 10.9. The Hall–Kier alpha value is -2.00. The fourth-order valence-corrected chi connectivity index (χ4v) is 3.06. The van der Waals surface area contributed by atoms with Gasteiger partial charge >= 0.3 is 0 Å². The third-order valence-corrected chi connectivity index (χ3v) is 4.41. The molecule has 0 saturated carbocycles. The molecule has 0 radical (unpaired) electrons. The van der Waals surface area contributed by atoms with Gasteiger partial charge in [0.2, 0.25) is 10.0 Å². The Morgan fingerprint density at radius 3 is 2.43 bits per heavy atom. The first-order chi connectivity index (χ1) is 9.97. The number of hydroxylamine groups is 1. The van der Waals surface area contributed by atoms with Crippen molar-refractivity contribution in [2.24, 2.45) is 0 Å². The molecule has 0 aliphatic carbocycles. The van der Waals surface area contributed by atoms with Gasteiger partial charge in [0.15, 0.2) is 0 Å². The van der Waals surface area contributed by atoms with Crippen LogP contribution in [0.4, 0.5) is 0 Å². The second-order valence-electron chi connectivity index (χ2n) is 4.34. The second kappa shape index (κ2) is 6.19. The van der Waals surface area contributed by atoms with Crippen LogP contribution >= 0.6 is 0 Å². The van der Waals surface area contributed by atoms with Gasteiger partial charge in [-0.3, -0.25) is 10.0 Å². The molecule has 7 nitrogen and oxygen atoms in total. The summed E-state index contributed by atoms with van der Waals surface area (Å²) in [7, 11) is -4.00. The molecule has 0 aliphatic heterocycles. The van der Waals surface area contributed by atoms with Gasteiger partial charge < -0.3 is 5.11 Å². The summed E-state index contributed by atoms with van der Waals surface area (Å²) in [5.41, 5.74) is 1.29. The minimum Gasteiger partial charge on any atom is -0.394 e. The molecule has 4 N–H and O–H groups in total. The lowest BCUT2D eigenvalue weighted by Gasteiger charge is -2.14. The number of amides is 1. The summed E-state index contributed by atoms with van der Waals surface area (Å²) >= 11 is 0. The van der Waals surface area contributed by atoms with Crippen molar-refractivity contribution in [3.8, 4) is 0 Å². The molecular weight excluding hydrogens is 296 g/mol. The van der Waals surface area contributed by atoms with Crippen LogP contribution < -0.4 is 10.2 Å². The number of carbonyl (C=O) groups excluding carboxylic acids is 1. The minimum atomic E-state index is -4.00. The van der Waals surface area contributed by atoms with Gasteiger partial charge in [-0.05, 0) is 22.9 Å². The maximum Gasteiger partial charge on any atom is 0.263 e. The first-order valence-electron chi connectivity index (χ1n) is 6.04. The topological polar surface area (TPSA) is 116 Å². The third-order valence-electron chi connectivity index (χ3n) is 2.94. The Kier molecular flexibility index (Phi) is 4.53. The number of rotatable bonds is 5. The molecule has 0 saturated heterocycles. The Labute approximate surface area is 121 Å². The molecule has 0 spiro atoms. The summed E-state index contributed by atoms with van der Waals surface area (Å²) in [6, 6.07) is 10.3. The molecule has 1 amide bonds. The normalized spacial score (nSPS) is 13.0. The molecule has 2 rings (SSSR count). The highest BCUT2D eigenvalue weighted by molar-refractivity contribution is 7.89. The van der Waals surface area contributed by atoms with E-state index in [1.807, 2.05) is 16.9 Å². The van der Waals surface area contributed by atoms with Crippen molar-refractivity contribution < 1.29 is 23.5 Å². The smallest absolute Gasteiger partial charge is 0.263 e. The zero-order valence-corrected chi connectivity index (χ0v) is 11.7. The van der Waals surface area contributed by atoms with Gasteiger partial charge in [0.05, 0.1) is 11.5 Å². The van der Waals surface area contributed by atoms with E-state index in [2.05, 4.69) is 0 Å². The first kappa shape index (κ1) is 15.4. The van der Waals surface area contributed by atoms with E-state index >= 15 is 0 Å². The van der Waals surface area contributed by atoms with E-state index < -0.39 is 28.6 Å². The maximum absolute atomic E-state index is 12.2. The Morgan fingerprint density at radius 1 is 1.14 bits per heavy atom. The van der Waals surface area contributed by atoms with E-state index in [0.29, 0.717) is 0 Å². The fourth-order valence-electron chi connectivity index (χ4n) is 1.84. The number of hydrogen-bond acceptors (Lipinski definition) is 5. The minimum absolute atomic E-state index is 0.0367. The van der Waals surface area contributed by atoms with Crippen LogP contribution in [0.2, 0.25) is 0 Å². The predicted molar refractivity (Wildman–Crippen MR) is 75.1 cm³/mol. The van der Waals surface area contributed by atoms with Gasteiger partial charge in [-0.1, -0.05) is 30.3 Å². The fraction of sp³-hybridized carbons (Fsp3) is 0.154. The van der Waals surface area contributed by atoms with Crippen molar-refractivity contribution >= 4 is 26.7 Å². The lowest BCUT2D eigenvalue weighted by atomic mass is 10.1. The van der Waals surface area contributed by atoms with Crippen LogP contribution in [-0.2, 0) is 14.8 Å². The molecule has 0 aromatic heterocycles. The molecule has 0 aliphatic rings. The average Bonchev–Trinajstić information content (AvgIpc) is 2.51. The molecule has 0 bridgehead atoms. The summed E-state index contributed by atoms with van der Waals surface area (Å²) in [4.78, 5) is 11.2. The van der Waals surface area contributed by atoms with Crippen LogP contribution in [0, 0.1) is 0 Å². The van der Waals surface area contributed by atoms with Crippen LogP contribution in [0.1, 0.15) is 0 Å². The number of benzene rings is 2. The van der Waals surface area contributed by atoms with Crippen molar-refractivity contribution in [1.29, 1.82) is 0 Å². The van der Waals surface area contributed by atoms with Gasteiger partial charge in [0.25, 0.3) is 5.91 Å². The monoisotopic (exact) mass is 310 g/mol. The number of sulfonamides is 1. The zero-order chi connectivity index (χ0) is 15.5. The van der Waals surface area contributed by atoms with E-state index in [1.165, 1.54) is 17.6 Å². The molecule has 1 unspecified atom stereocenters. The average molecular weight is 310 g/mol. The largest absolute Gasteiger partial charge is 0.394 e. The predicted octanol–water partition coefficient (Wildman–Crippen LogP) is -0.0156. The first-order valence-corrected chi connectivity index (χ1v) is 7.52. The Morgan fingerprint density at radius 2 is 1.81 bits per heavy atom. The van der Waals surface area contributed by atoms with Gasteiger partial charge in [0, 0.05) is 0 Å². The maximum atomic E-state index is 12.2. The second-order valence-corrected chi connectivity index (χ2v) is 6.06. The highest BCUT2D eigenvalue weighted by Crippen LogP contribution is 2.19. The van der Waals surface area contributed by atoms with Gasteiger partial charge in [0.1, 0.15) is 6.04 Å². The highest BCUT2D eigenvalue weighted by atomic mass is 32.2. The molecular formula is C13H14N2O5S. The summed E-state index contributed by atoms with van der Waals surface area (Å²) < 4.78 is 26.4. The molecule has 2 aromatic rings. The number of carbonyl (C=O) groups is 1. The van der Waals surface area contributed by atoms with Crippen LogP contribution in [-0.4, -0.2) is 37.3 Å². The van der Waals surface area contributed by atoms with E-state index in [4.69, 9.17) is 10.3 Å². The Balaban J connectivity index is 2.35. The molecule has 112 valence electrons. The van der Waals surface area contributed by atoms with Crippen molar-refractivity contribution in [1.82, 2.24) is 10.2 Å². The van der Waals surface area contributed by atoms with Crippen molar-refractivity contribution in [2.45, 2.75) is 10.9 Å². The standard InChI is InChI=1S/C13H14N2O5S/c16-8-12(13(17)14-18)15-21(19,20)11-6-5-9-3-1-2-4-10(9)7-11/h1-7,12,15-16,18H,8H2,(H,14,17). The lowest BCUT2D eigenvalue weighted by molar-refractivity contribution is -0.131. The summed E-state index contributed by atoms with van der Waals surface area (Å²) in [5, 5.41) is 19.1.